The van der Waals surface area contributed by atoms with E-state index in [4.69, 9.17) is 16.0 Å². The lowest BCUT2D eigenvalue weighted by Gasteiger charge is -2.37. The van der Waals surface area contributed by atoms with Crippen LogP contribution in [0.5, 0.6) is 0 Å². The Morgan fingerprint density at radius 1 is 1.04 bits per heavy atom. The van der Waals surface area contributed by atoms with Crippen molar-refractivity contribution in [1.29, 1.82) is 0 Å². The maximum Gasteiger partial charge on any atom is 0.247 e. The van der Waals surface area contributed by atoms with E-state index in [1.54, 1.807) is 12.1 Å². The first-order chi connectivity index (χ1) is 13.6. The van der Waals surface area contributed by atoms with Crippen LogP contribution in [0.2, 0.25) is 5.02 Å². The number of aromatic nitrogens is 2. The molecule has 146 valence electrons. The summed E-state index contributed by atoms with van der Waals surface area (Å²) in [5.74, 6) is 0.905. The van der Waals surface area contributed by atoms with Gasteiger partial charge in [0.1, 0.15) is 5.82 Å². The second-order valence-corrected chi connectivity index (χ2v) is 7.41. The fraction of sp³-hybridized carbons (Fsp3) is 0.333. The summed E-state index contributed by atoms with van der Waals surface area (Å²) in [5, 5.41) is 8.90. The Bertz CT molecular complexity index is 905. The summed E-state index contributed by atoms with van der Waals surface area (Å²) in [6, 6.07) is 14.6. The first kappa shape index (κ1) is 19.1. The lowest BCUT2D eigenvalue weighted by atomic mass is 10.1. The van der Waals surface area contributed by atoms with E-state index in [2.05, 4.69) is 26.9 Å². The zero-order valence-electron chi connectivity index (χ0n) is 15.7. The molecule has 0 bridgehead atoms. The fourth-order valence-corrected chi connectivity index (χ4v) is 3.70. The molecule has 0 spiro atoms. The third kappa shape index (κ3) is 4.09. The van der Waals surface area contributed by atoms with Gasteiger partial charge in [-0.2, -0.15) is 0 Å². The van der Waals surface area contributed by atoms with Gasteiger partial charge >= 0.3 is 0 Å². The molecule has 0 N–H and O–H groups in total. The maximum absolute atomic E-state index is 14.0. The van der Waals surface area contributed by atoms with Gasteiger partial charge in [0, 0.05) is 48.9 Å². The van der Waals surface area contributed by atoms with E-state index in [0.29, 0.717) is 28.9 Å². The molecule has 0 aliphatic carbocycles. The molecule has 2 heterocycles. The predicted octanol–water partition coefficient (Wildman–Crippen LogP) is 4.41. The van der Waals surface area contributed by atoms with E-state index in [9.17, 15) is 4.39 Å². The number of hydrogen-bond acceptors (Lipinski definition) is 5. The smallest absolute Gasteiger partial charge is 0.247 e. The largest absolute Gasteiger partial charge is 0.419 e. The third-order valence-electron chi connectivity index (χ3n) is 5.22. The molecule has 1 fully saturated rings. The predicted molar refractivity (Wildman–Crippen MR) is 106 cm³/mol. The molecule has 7 heteroatoms. The minimum Gasteiger partial charge on any atom is -0.419 e. The van der Waals surface area contributed by atoms with Gasteiger partial charge in [-0.05, 0) is 31.2 Å². The Morgan fingerprint density at radius 3 is 2.50 bits per heavy atom. The summed E-state index contributed by atoms with van der Waals surface area (Å²) >= 11 is 6.16. The van der Waals surface area contributed by atoms with Crippen LogP contribution in [0.1, 0.15) is 24.4 Å². The summed E-state index contributed by atoms with van der Waals surface area (Å²) in [7, 11) is 0. The second kappa shape index (κ2) is 8.39. The number of piperazine rings is 1. The molecule has 3 aromatic rings. The van der Waals surface area contributed by atoms with Gasteiger partial charge in [0.15, 0.2) is 0 Å². The molecule has 28 heavy (non-hydrogen) atoms. The highest BCUT2D eigenvalue weighted by Crippen LogP contribution is 2.26. The van der Waals surface area contributed by atoms with Crippen LogP contribution < -0.4 is 0 Å². The van der Waals surface area contributed by atoms with Crippen LogP contribution in [0.4, 0.5) is 4.39 Å². The number of halogens is 2. The normalized spacial score (nSPS) is 17.0. The van der Waals surface area contributed by atoms with E-state index in [0.717, 1.165) is 31.7 Å². The molecule has 0 radical (unpaired) electrons. The monoisotopic (exact) mass is 400 g/mol. The molecular weight excluding hydrogens is 379 g/mol. The Labute approximate surface area is 168 Å². The number of nitrogens with zero attached hydrogens (tertiary/aromatic N) is 4. The van der Waals surface area contributed by atoms with Crippen LogP contribution in [0.25, 0.3) is 11.5 Å². The number of hydrogen-bond donors (Lipinski definition) is 0. The molecule has 2 aromatic carbocycles. The average Bonchev–Trinajstić information content (AvgIpc) is 3.22. The molecule has 1 atom stereocenters. The zero-order chi connectivity index (χ0) is 19.5. The topological polar surface area (TPSA) is 45.4 Å². The molecular formula is C21H22ClFN4O. The highest BCUT2D eigenvalue weighted by molar-refractivity contribution is 6.31. The molecule has 1 aliphatic heterocycles. The van der Waals surface area contributed by atoms with Crippen LogP contribution in [-0.2, 0) is 6.54 Å². The molecule has 0 unspecified atom stereocenters. The van der Waals surface area contributed by atoms with Gasteiger partial charge in [0.05, 0.1) is 6.04 Å². The molecule has 4 rings (SSSR count). The van der Waals surface area contributed by atoms with Crippen molar-refractivity contribution in [3.8, 4) is 11.5 Å². The fourth-order valence-electron chi connectivity index (χ4n) is 3.47. The first-order valence-electron chi connectivity index (χ1n) is 9.40. The SMILES string of the molecule is C[C@@H](c1nnc(-c2ccccc2)o1)N1CCN(Cc2c(F)cccc2Cl)CC1. The van der Waals surface area contributed by atoms with Gasteiger partial charge in [0.2, 0.25) is 11.8 Å². The number of rotatable bonds is 5. The molecule has 0 saturated carbocycles. The second-order valence-electron chi connectivity index (χ2n) is 7.00. The molecule has 1 aromatic heterocycles. The van der Waals surface area contributed by atoms with Crippen LogP contribution in [-0.4, -0.2) is 46.2 Å². The minimum atomic E-state index is -0.248. The molecule has 5 nitrogen and oxygen atoms in total. The Kier molecular flexibility index (Phi) is 5.71. The molecule has 1 saturated heterocycles. The standard InChI is InChI=1S/C21H22ClFN4O/c1-15(20-24-25-21(28-20)16-6-3-2-4-7-16)27-12-10-26(11-13-27)14-17-18(22)8-5-9-19(17)23/h2-9,15H,10-14H2,1H3/t15-/m0/s1. The Balaban J connectivity index is 1.37. The van der Waals surface area contributed by atoms with Crippen LogP contribution in [0.15, 0.2) is 52.9 Å². The van der Waals surface area contributed by atoms with Crippen molar-refractivity contribution in [1.82, 2.24) is 20.0 Å². The van der Waals surface area contributed by atoms with E-state index in [1.165, 1.54) is 6.07 Å². The van der Waals surface area contributed by atoms with Crippen molar-refractivity contribution in [2.45, 2.75) is 19.5 Å². The quantitative estimate of drug-likeness (QED) is 0.634. The van der Waals surface area contributed by atoms with E-state index < -0.39 is 0 Å². The Morgan fingerprint density at radius 2 is 1.79 bits per heavy atom. The highest BCUT2D eigenvalue weighted by atomic mass is 35.5. The molecule has 1 aliphatic rings. The van der Waals surface area contributed by atoms with E-state index in [-0.39, 0.29) is 11.9 Å². The zero-order valence-corrected chi connectivity index (χ0v) is 16.4. The Hall–Kier alpha value is -2.28. The van der Waals surface area contributed by atoms with E-state index >= 15 is 0 Å². The van der Waals surface area contributed by atoms with Crippen molar-refractivity contribution in [2.75, 3.05) is 26.2 Å². The van der Waals surface area contributed by atoms with Gasteiger partial charge in [-0.1, -0.05) is 35.9 Å². The van der Waals surface area contributed by atoms with Crippen LogP contribution in [0.3, 0.4) is 0 Å². The third-order valence-corrected chi connectivity index (χ3v) is 5.57. The van der Waals surface area contributed by atoms with Crippen molar-refractivity contribution >= 4 is 11.6 Å². The van der Waals surface area contributed by atoms with Crippen LogP contribution >= 0.6 is 11.6 Å². The van der Waals surface area contributed by atoms with Crippen molar-refractivity contribution in [2.24, 2.45) is 0 Å². The van der Waals surface area contributed by atoms with Crippen LogP contribution in [0, 0.1) is 5.82 Å². The number of benzene rings is 2. The lowest BCUT2D eigenvalue weighted by Crippen LogP contribution is -2.46. The summed E-state index contributed by atoms with van der Waals surface area (Å²) in [5.41, 5.74) is 1.48. The molecule has 0 amide bonds. The summed E-state index contributed by atoms with van der Waals surface area (Å²) < 4.78 is 19.9. The summed E-state index contributed by atoms with van der Waals surface area (Å²) in [4.78, 5) is 4.53. The van der Waals surface area contributed by atoms with Gasteiger partial charge in [-0.15, -0.1) is 10.2 Å². The van der Waals surface area contributed by atoms with Gasteiger partial charge in [-0.3, -0.25) is 9.80 Å². The van der Waals surface area contributed by atoms with Gasteiger partial charge in [0.25, 0.3) is 0 Å². The summed E-state index contributed by atoms with van der Waals surface area (Å²) in [6.45, 7) is 5.94. The lowest BCUT2D eigenvalue weighted by molar-refractivity contribution is 0.0870. The van der Waals surface area contributed by atoms with Gasteiger partial charge in [-0.25, -0.2) is 4.39 Å². The maximum atomic E-state index is 14.0. The summed E-state index contributed by atoms with van der Waals surface area (Å²) in [6.07, 6.45) is 0. The van der Waals surface area contributed by atoms with Crippen molar-refractivity contribution in [3.63, 3.8) is 0 Å². The highest BCUT2D eigenvalue weighted by Gasteiger charge is 2.26. The van der Waals surface area contributed by atoms with Crippen molar-refractivity contribution < 1.29 is 8.81 Å². The van der Waals surface area contributed by atoms with Crippen molar-refractivity contribution in [3.05, 3.63) is 70.8 Å². The average molecular weight is 401 g/mol. The van der Waals surface area contributed by atoms with E-state index in [1.807, 2.05) is 30.3 Å². The minimum absolute atomic E-state index is 0.0316. The van der Waals surface area contributed by atoms with Gasteiger partial charge < -0.3 is 4.42 Å². The first-order valence-corrected chi connectivity index (χ1v) is 9.78.